The van der Waals surface area contributed by atoms with Crippen molar-refractivity contribution in [2.45, 2.75) is 335 Å². The number of unbranched alkanes of at least 4 members (excludes halogenated alkanes) is 35. The number of phosphoric ester groups is 2. The highest BCUT2D eigenvalue weighted by Crippen LogP contribution is 2.45. The number of carbonyl (C=O) groups excluding carboxylic acids is 4. The van der Waals surface area contributed by atoms with E-state index in [0.29, 0.717) is 31.6 Å². The molecule has 0 aromatic heterocycles. The number of ether oxygens (including phenoxy) is 4. The third-order valence-electron chi connectivity index (χ3n) is 14.5. The highest BCUT2D eigenvalue weighted by Gasteiger charge is 2.30. The lowest BCUT2D eigenvalue weighted by Gasteiger charge is -2.21. The van der Waals surface area contributed by atoms with Crippen LogP contribution in [-0.4, -0.2) is 96.7 Å². The molecule has 0 saturated carbocycles. The molecule has 0 bridgehead atoms. The number of aliphatic hydroxyl groups is 1. The fraction of sp³-hybridized carbons (Fsp3) is 0.937. The Morgan fingerprint density at radius 2 is 0.561 bits per heavy atom. The Bertz CT molecular complexity index is 1600. The molecule has 3 N–H and O–H groups in total. The van der Waals surface area contributed by atoms with Gasteiger partial charge in [-0.3, -0.25) is 37.3 Å². The molecular weight excluding hydrogens is 1090 g/mol. The second-order valence-corrected chi connectivity index (χ2v) is 26.2. The first kappa shape index (κ1) is 80.1. The third kappa shape index (κ3) is 57.2. The molecule has 19 heteroatoms. The molecule has 82 heavy (non-hydrogen) atoms. The topological polar surface area (TPSA) is 237 Å². The van der Waals surface area contributed by atoms with Crippen LogP contribution in [0, 0.1) is 5.92 Å². The van der Waals surface area contributed by atoms with Gasteiger partial charge in [0.25, 0.3) is 0 Å². The summed E-state index contributed by atoms with van der Waals surface area (Å²) >= 11 is 0. The molecule has 0 aliphatic rings. The normalized spacial score (nSPS) is 14.3. The summed E-state index contributed by atoms with van der Waals surface area (Å²) in [6.07, 6.45) is 40.5. The summed E-state index contributed by atoms with van der Waals surface area (Å²) < 4.78 is 67.8. The lowest BCUT2D eigenvalue weighted by Crippen LogP contribution is -2.30. The zero-order valence-electron chi connectivity index (χ0n) is 52.6. The molecule has 0 saturated heterocycles. The van der Waals surface area contributed by atoms with Gasteiger partial charge in [0.1, 0.15) is 19.3 Å². The molecule has 0 radical (unpaired) electrons. The minimum Gasteiger partial charge on any atom is -0.462 e. The summed E-state index contributed by atoms with van der Waals surface area (Å²) in [5.41, 5.74) is 0. The molecule has 17 nitrogen and oxygen atoms in total. The summed E-state index contributed by atoms with van der Waals surface area (Å²) in [5, 5.41) is 10.5. The number of hydrogen-bond acceptors (Lipinski definition) is 15. The molecule has 2 unspecified atom stereocenters. The number of carbonyl (C=O) groups is 4. The number of phosphoric acid groups is 2. The Morgan fingerprint density at radius 1 is 0.329 bits per heavy atom. The van der Waals surface area contributed by atoms with Gasteiger partial charge in [0.2, 0.25) is 0 Å². The van der Waals surface area contributed by atoms with Gasteiger partial charge >= 0.3 is 39.5 Å². The van der Waals surface area contributed by atoms with Gasteiger partial charge in [-0.15, -0.1) is 0 Å². The zero-order valence-corrected chi connectivity index (χ0v) is 54.4. The van der Waals surface area contributed by atoms with Crippen LogP contribution in [0.25, 0.3) is 0 Å². The molecule has 0 rings (SSSR count). The van der Waals surface area contributed by atoms with Crippen LogP contribution in [-0.2, 0) is 65.4 Å². The quantitative estimate of drug-likeness (QED) is 0.0222. The summed E-state index contributed by atoms with van der Waals surface area (Å²) in [7, 11) is -9.88. The van der Waals surface area contributed by atoms with E-state index < -0.39 is 97.5 Å². The maximum Gasteiger partial charge on any atom is 0.472 e. The largest absolute Gasteiger partial charge is 0.472 e. The van der Waals surface area contributed by atoms with Gasteiger partial charge in [-0.05, 0) is 31.6 Å². The van der Waals surface area contributed by atoms with Crippen LogP contribution in [0.1, 0.15) is 317 Å². The smallest absolute Gasteiger partial charge is 0.462 e. The first-order chi connectivity index (χ1) is 39.5. The van der Waals surface area contributed by atoms with Crippen molar-refractivity contribution in [3.05, 3.63) is 0 Å². The van der Waals surface area contributed by atoms with Crippen LogP contribution < -0.4 is 0 Å². The monoisotopic (exact) mass is 1210 g/mol. The van der Waals surface area contributed by atoms with Crippen LogP contribution in [0.5, 0.6) is 0 Å². The Labute approximate surface area is 498 Å². The van der Waals surface area contributed by atoms with E-state index in [-0.39, 0.29) is 25.7 Å². The van der Waals surface area contributed by atoms with E-state index in [1.54, 1.807) is 0 Å². The van der Waals surface area contributed by atoms with Crippen molar-refractivity contribution in [1.82, 2.24) is 0 Å². The Hall–Kier alpha value is -1.94. The van der Waals surface area contributed by atoms with E-state index in [1.807, 2.05) is 0 Å². The van der Waals surface area contributed by atoms with Gasteiger partial charge in [0.05, 0.1) is 26.4 Å². The molecule has 0 aliphatic carbocycles. The molecule has 5 atom stereocenters. The average Bonchev–Trinajstić information content (AvgIpc) is 3.44. The van der Waals surface area contributed by atoms with Gasteiger partial charge in [-0.1, -0.05) is 266 Å². The van der Waals surface area contributed by atoms with Crippen LogP contribution in [0.15, 0.2) is 0 Å². The van der Waals surface area contributed by atoms with Crippen LogP contribution in [0.4, 0.5) is 0 Å². The molecule has 0 spiro atoms. The molecule has 0 amide bonds. The zero-order chi connectivity index (χ0) is 60.6. The van der Waals surface area contributed by atoms with E-state index in [1.165, 1.54) is 128 Å². The predicted molar refractivity (Wildman–Crippen MR) is 326 cm³/mol. The second-order valence-electron chi connectivity index (χ2n) is 23.3. The van der Waals surface area contributed by atoms with Crippen LogP contribution in [0.2, 0.25) is 0 Å². The van der Waals surface area contributed by atoms with Gasteiger partial charge < -0.3 is 33.8 Å². The summed E-state index contributed by atoms with van der Waals surface area (Å²) in [6, 6.07) is 0. The standard InChI is InChI=1S/C63H122O17P2/c1-6-9-12-15-18-20-22-24-25-27-29-32-38-43-48-62(67)79-58(53-74-61(66)47-42-37-31-28-26-23-21-19-16-13-10-7-2)54-77-81(69,70)75-50-57(64)51-76-82(71,72)78-55-59(52-73-60(65)46-41-36-30-17-14-11-8-3)80-63(68)49-44-39-34-33-35-40-45-56(4)5/h56-59,64H,6-55H2,1-5H3,(H,69,70)(H,71,72)/t57-,58-,59-/m1/s1. The molecule has 0 aromatic carbocycles. The fourth-order valence-electron chi connectivity index (χ4n) is 9.41. The Morgan fingerprint density at radius 3 is 0.829 bits per heavy atom. The maximum absolute atomic E-state index is 13.0. The minimum atomic E-state index is -4.94. The van der Waals surface area contributed by atoms with E-state index in [9.17, 15) is 43.2 Å². The number of rotatable bonds is 63. The predicted octanol–water partition coefficient (Wildman–Crippen LogP) is 17.4. The average molecular weight is 1210 g/mol. The van der Waals surface area contributed by atoms with Gasteiger partial charge in [-0.25, -0.2) is 9.13 Å². The first-order valence-electron chi connectivity index (χ1n) is 33.1. The van der Waals surface area contributed by atoms with Gasteiger partial charge in [-0.2, -0.15) is 0 Å². The van der Waals surface area contributed by atoms with Crippen LogP contribution >= 0.6 is 15.6 Å². The Balaban J connectivity index is 5.21. The van der Waals surface area contributed by atoms with E-state index in [0.717, 1.165) is 103 Å². The summed E-state index contributed by atoms with van der Waals surface area (Å²) in [4.78, 5) is 72.0. The molecule has 0 aliphatic heterocycles. The van der Waals surface area contributed by atoms with E-state index in [4.69, 9.17) is 37.0 Å². The van der Waals surface area contributed by atoms with Crippen molar-refractivity contribution in [1.29, 1.82) is 0 Å². The number of esters is 4. The Kier molecular flexibility index (Phi) is 55.5. The van der Waals surface area contributed by atoms with Gasteiger partial charge in [0, 0.05) is 25.7 Å². The lowest BCUT2D eigenvalue weighted by atomic mass is 10.0. The lowest BCUT2D eigenvalue weighted by molar-refractivity contribution is -0.161. The van der Waals surface area contributed by atoms with Crippen molar-refractivity contribution in [2.75, 3.05) is 39.6 Å². The van der Waals surface area contributed by atoms with Crippen molar-refractivity contribution >= 4 is 39.5 Å². The maximum atomic E-state index is 13.0. The van der Waals surface area contributed by atoms with Crippen molar-refractivity contribution < 1.29 is 80.2 Å². The molecule has 0 heterocycles. The highest BCUT2D eigenvalue weighted by molar-refractivity contribution is 7.47. The van der Waals surface area contributed by atoms with Gasteiger partial charge in [0.15, 0.2) is 12.2 Å². The number of aliphatic hydroxyl groups excluding tert-OH is 1. The number of hydrogen-bond donors (Lipinski definition) is 3. The SMILES string of the molecule is CCCCCCCCCCCCCCCCC(=O)O[C@H](COC(=O)CCCCCCCCCCCCCC)COP(=O)(O)OC[C@@H](O)COP(=O)(O)OC[C@@H](COC(=O)CCCCCCCCC)OC(=O)CCCCCCCCC(C)C. The molecular formula is C63H122O17P2. The summed E-state index contributed by atoms with van der Waals surface area (Å²) in [5.74, 6) is -1.47. The van der Waals surface area contributed by atoms with E-state index >= 15 is 0 Å². The van der Waals surface area contributed by atoms with E-state index in [2.05, 4.69) is 34.6 Å². The van der Waals surface area contributed by atoms with Crippen LogP contribution in [0.3, 0.4) is 0 Å². The fourth-order valence-corrected chi connectivity index (χ4v) is 11.0. The van der Waals surface area contributed by atoms with Crippen molar-refractivity contribution in [3.8, 4) is 0 Å². The first-order valence-corrected chi connectivity index (χ1v) is 36.1. The summed E-state index contributed by atoms with van der Waals surface area (Å²) in [6.45, 7) is 7.06. The third-order valence-corrected chi connectivity index (χ3v) is 16.4. The second kappa shape index (κ2) is 56.8. The minimum absolute atomic E-state index is 0.102. The molecule has 486 valence electrons. The highest BCUT2D eigenvalue weighted by atomic mass is 31.2. The van der Waals surface area contributed by atoms with Crippen molar-refractivity contribution in [2.24, 2.45) is 5.92 Å². The van der Waals surface area contributed by atoms with Crippen molar-refractivity contribution in [3.63, 3.8) is 0 Å². The molecule has 0 fully saturated rings. The molecule has 0 aromatic rings.